The van der Waals surface area contributed by atoms with E-state index in [-0.39, 0.29) is 24.9 Å². The number of rotatable bonds is 7. The number of carbonyl (C=O) groups excluding carboxylic acids is 2. The van der Waals surface area contributed by atoms with Gasteiger partial charge in [0.05, 0.1) is 12.8 Å². The number of ether oxygens (including phenoxy) is 2. The van der Waals surface area contributed by atoms with Crippen LogP contribution in [0.4, 0.5) is 10.7 Å². The Morgan fingerprint density at radius 2 is 1.92 bits per heavy atom. The zero-order chi connectivity index (χ0) is 17.4. The molecule has 2 rings (SSSR count). The molecule has 0 aliphatic heterocycles. The van der Waals surface area contributed by atoms with Crippen molar-refractivity contribution in [2.75, 3.05) is 18.5 Å². The fourth-order valence-electron chi connectivity index (χ4n) is 2.03. The SMILES string of the molecule is CCCNc1ncc(C(=O)OCC)n1C(=O)OCc1ccccc1. The number of aromatic nitrogens is 2. The molecule has 0 spiro atoms. The number of benzene rings is 1. The van der Waals surface area contributed by atoms with Crippen LogP contribution < -0.4 is 5.32 Å². The molecular weight excluding hydrogens is 310 g/mol. The summed E-state index contributed by atoms with van der Waals surface area (Å²) in [6, 6.07) is 9.30. The number of nitrogens with zero attached hydrogens (tertiary/aromatic N) is 2. The molecular formula is C17H21N3O4. The third-order valence-corrected chi connectivity index (χ3v) is 3.17. The summed E-state index contributed by atoms with van der Waals surface area (Å²) in [6.45, 7) is 4.61. The largest absolute Gasteiger partial charge is 0.461 e. The summed E-state index contributed by atoms with van der Waals surface area (Å²) < 4.78 is 11.4. The van der Waals surface area contributed by atoms with Crippen molar-refractivity contribution in [2.24, 2.45) is 0 Å². The van der Waals surface area contributed by atoms with Crippen LogP contribution in [0.2, 0.25) is 0 Å². The minimum absolute atomic E-state index is 0.0357. The van der Waals surface area contributed by atoms with Crippen molar-refractivity contribution in [2.45, 2.75) is 26.9 Å². The first-order valence-corrected chi connectivity index (χ1v) is 7.87. The molecule has 2 aromatic rings. The number of carbonyl (C=O) groups is 2. The number of nitrogens with one attached hydrogen (secondary N) is 1. The Hall–Kier alpha value is -2.83. The standard InChI is InChI=1S/C17H21N3O4/c1-3-10-18-16-19-11-14(15(21)23-4-2)20(16)17(22)24-12-13-8-6-5-7-9-13/h5-9,11H,3-4,10,12H2,1-2H3,(H,18,19). The van der Waals surface area contributed by atoms with E-state index < -0.39 is 12.1 Å². The van der Waals surface area contributed by atoms with E-state index in [4.69, 9.17) is 9.47 Å². The van der Waals surface area contributed by atoms with Crippen LogP contribution in [0.15, 0.2) is 36.5 Å². The van der Waals surface area contributed by atoms with Crippen LogP contribution in [0.1, 0.15) is 36.3 Å². The quantitative estimate of drug-likeness (QED) is 0.785. The average molecular weight is 331 g/mol. The zero-order valence-corrected chi connectivity index (χ0v) is 13.8. The summed E-state index contributed by atoms with van der Waals surface area (Å²) >= 11 is 0. The van der Waals surface area contributed by atoms with Crippen LogP contribution in [-0.4, -0.2) is 34.8 Å². The Balaban J connectivity index is 2.19. The second-order valence-corrected chi connectivity index (χ2v) is 4.99. The normalized spacial score (nSPS) is 10.2. The minimum atomic E-state index is -0.682. The molecule has 7 nitrogen and oxygen atoms in total. The lowest BCUT2D eigenvalue weighted by atomic mass is 10.2. The van der Waals surface area contributed by atoms with Crippen LogP contribution >= 0.6 is 0 Å². The van der Waals surface area contributed by atoms with Gasteiger partial charge in [-0.2, -0.15) is 0 Å². The Morgan fingerprint density at radius 3 is 2.58 bits per heavy atom. The molecule has 1 aromatic carbocycles. The molecule has 0 radical (unpaired) electrons. The summed E-state index contributed by atoms with van der Waals surface area (Å²) in [5.41, 5.74) is 0.889. The monoisotopic (exact) mass is 331 g/mol. The fraction of sp³-hybridized carbons (Fsp3) is 0.353. The second-order valence-electron chi connectivity index (χ2n) is 4.99. The molecule has 1 aromatic heterocycles. The lowest BCUT2D eigenvalue weighted by Gasteiger charge is -2.11. The van der Waals surface area contributed by atoms with Gasteiger partial charge in [0.15, 0.2) is 5.69 Å². The van der Waals surface area contributed by atoms with Gasteiger partial charge in [-0.05, 0) is 18.9 Å². The Labute approximate surface area is 140 Å². The molecule has 0 aliphatic rings. The maximum atomic E-state index is 12.4. The molecule has 0 unspecified atom stereocenters. The van der Waals surface area contributed by atoms with E-state index in [2.05, 4.69) is 10.3 Å². The number of anilines is 1. The summed E-state index contributed by atoms with van der Waals surface area (Å²) in [6.07, 6.45) is 1.47. The van der Waals surface area contributed by atoms with Crippen LogP contribution in [0.25, 0.3) is 0 Å². The Morgan fingerprint density at radius 1 is 1.17 bits per heavy atom. The maximum Gasteiger partial charge on any atom is 0.421 e. The van der Waals surface area contributed by atoms with Crippen LogP contribution in [-0.2, 0) is 16.1 Å². The molecule has 0 saturated carbocycles. The molecule has 0 aliphatic carbocycles. The molecule has 128 valence electrons. The van der Waals surface area contributed by atoms with Crippen molar-refractivity contribution in [1.82, 2.24) is 9.55 Å². The molecule has 0 fully saturated rings. The van der Waals surface area contributed by atoms with Crippen LogP contribution in [0.5, 0.6) is 0 Å². The molecule has 0 bridgehead atoms. The van der Waals surface area contributed by atoms with Gasteiger partial charge in [-0.25, -0.2) is 19.1 Å². The molecule has 1 N–H and O–H groups in total. The first kappa shape index (κ1) is 17.5. The first-order chi connectivity index (χ1) is 11.7. The average Bonchev–Trinajstić information content (AvgIpc) is 3.03. The predicted octanol–water partition coefficient (Wildman–Crippen LogP) is 3.07. The van der Waals surface area contributed by atoms with E-state index in [1.807, 2.05) is 37.3 Å². The summed E-state index contributed by atoms with van der Waals surface area (Å²) in [7, 11) is 0. The van der Waals surface area contributed by atoms with E-state index >= 15 is 0 Å². The Bertz CT molecular complexity index is 682. The first-order valence-electron chi connectivity index (χ1n) is 7.87. The fourth-order valence-corrected chi connectivity index (χ4v) is 2.03. The van der Waals surface area contributed by atoms with E-state index in [0.29, 0.717) is 6.54 Å². The van der Waals surface area contributed by atoms with E-state index in [1.165, 1.54) is 6.20 Å². The summed E-state index contributed by atoms with van der Waals surface area (Å²) in [5.74, 6) is -0.357. The smallest absolute Gasteiger partial charge is 0.421 e. The van der Waals surface area contributed by atoms with Gasteiger partial charge >= 0.3 is 12.1 Å². The number of esters is 1. The van der Waals surface area contributed by atoms with Gasteiger partial charge in [0.25, 0.3) is 0 Å². The summed E-state index contributed by atoms with van der Waals surface area (Å²) in [5, 5.41) is 3.00. The van der Waals surface area contributed by atoms with E-state index in [9.17, 15) is 9.59 Å². The topological polar surface area (TPSA) is 82.5 Å². The van der Waals surface area contributed by atoms with Crippen LogP contribution in [0, 0.1) is 0 Å². The van der Waals surface area contributed by atoms with Gasteiger partial charge in [0.1, 0.15) is 6.61 Å². The van der Waals surface area contributed by atoms with Crippen molar-refractivity contribution in [1.29, 1.82) is 0 Å². The van der Waals surface area contributed by atoms with Gasteiger partial charge in [-0.3, -0.25) is 0 Å². The highest BCUT2D eigenvalue weighted by molar-refractivity contribution is 5.93. The number of hydrogen-bond donors (Lipinski definition) is 1. The lowest BCUT2D eigenvalue weighted by Crippen LogP contribution is -2.22. The molecule has 1 heterocycles. The van der Waals surface area contributed by atoms with Gasteiger partial charge in [-0.15, -0.1) is 0 Å². The van der Waals surface area contributed by atoms with Crippen molar-refractivity contribution < 1.29 is 19.1 Å². The third kappa shape index (κ3) is 4.34. The van der Waals surface area contributed by atoms with E-state index in [0.717, 1.165) is 16.6 Å². The molecule has 0 atom stereocenters. The third-order valence-electron chi connectivity index (χ3n) is 3.17. The highest BCUT2D eigenvalue weighted by Gasteiger charge is 2.23. The lowest BCUT2D eigenvalue weighted by molar-refractivity contribution is 0.0511. The maximum absolute atomic E-state index is 12.4. The van der Waals surface area contributed by atoms with Crippen molar-refractivity contribution in [3.05, 3.63) is 47.8 Å². The van der Waals surface area contributed by atoms with E-state index in [1.54, 1.807) is 6.92 Å². The van der Waals surface area contributed by atoms with Gasteiger partial charge in [-0.1, -0.05) is 37.3 Å². The number of imidazole rings is 1. The predicted molar refractivity (Wildman–Crippen MR) is 89.0 cm³/mol. The molecule has 0 saturated heterocycles. The summed E-state index contributed by atoms with van der Waals surface area (Å²) in [4.78, 5) is 28.5. The van der Waals surface area contributed by atoms with Crippen LogP contribution in [0.3, 0.4) is 0 Å². The highest BCUT2D eigenvalue weighted by Crippen LogP contribution is 2.14. The molecule has 0 amide bonds. The minimum Gasteiger partial charge on any atom is -0.461 e. The molecule has 24 heavy (non-hydrogen) atoms. The van der Waals surface area contributed by atoms with Crippen molar-refractivity contribution in [3.63, 3.8) is 0 Å². The molecule has 7 heteroatoms. The van der Waals surface area contributed by atoms with Gasteiger partial charge in [0.2, 0.25) is 5.95 Å². The second kappa shape index (κ2) is 8.71. The van der Waals surface area contributed by atoms with Gasteiger partial charge < -0.3 is 14.8 Å². The number of hydrogen-bond acceptors (Lipinski definition) is 6. The van der Waals surface area contributed by atoms with Crippen molar-refractivity contribution in [3.8, 4) is 0 Å². The van der Waals surface area contributed by atoms with Crippen molar-refractivity contribution >= 4 is 18.0 Å². The highest BCUT2D eigenvalue weighted by atomic mass is 16.6. The Kier molecular flexibility index (Phi) is 6.36. The zero-order valence-electron chi connectivity index (χ0n) is 13.8. The van der Waals surface area contributed by atoms with Gasteiger partial charge in [0, 0.05) is 6.54 Å².